The molecule has 1 heterocycles. The summed E-state index contributed by atoms with van der Waals surface area (Å²) in [7, 11) is 0. The lowest BCUT2D eigenvalue weighted by molar-refractivity contribution is 0.0792. The summed E-state index contributed by atoms with van der Waals surface area (Å²) < 4.78 is 19.1. The summed E-state index contributed by atoms with van der Waals surface area (Å²) in [6.07, 6.45) is 1.07. The smallest absolute Gasteiger partial charge is 0.253 e. The van der Waals surface area contributed by atoms with Gasteiger partial charge >= 0.3 is 0 Å². The van der Waals surface area contributed by atoms with Gasteiger partial charge in [0.05, 0.1) is 0 Å². The minimum Gasteiger partial charge on any atom is -0.491 e. The fourth-order valence-corrected chi connectivity index (χ4v) is 2.81. The Morgan fingerprint density at radius 1 is 1.12 bits per heavy atom. The van der Waals surface area contributed by atoms with E-state index in [1.807, 2.05) is 4.90 Å². The largest absolute Gasteiger partial charge is 0.491 e. The second kappa shape index (κ2) is 7.45. The molecule has 24 heavy (non-hydrogen) atoms. The molecule has 2 aromatic rings. The number of ether oxygens (including phenoxy) is 1. The molecule has 5 heteroatoms. The first-order valence-corrected chi connectivity index (χ1v) is 8.10. The molecule has 1 N–H and O–H groups in total. The number of carbonyl (C=O) groups excluding carboxylic acids is 1. The zero-order valence-corrected chi connectivity index (χ0v) is 13.3. The Bertz CT molecular complexity index is 696. The molecule has 1 saturated heterocycles. The molecule has 1 atom stereocenters. The van der Waals surface area contributed by atoms with E-state index in [9.17, 15) is 14.3 Å². The maximum Gasteiger partial charge on any atom is 0.253 e. The molecule has 1 aliphatic rings. The molecule has 0 saturated carbocycles. The first kappa shape index (κ1) is 16.5. The van der Waals surface area contributed by atoms with Crippen LogP contribution in [-0.2, 0) is 0 Å². The number of carbonyl (C=O) groups is 1. The average Bonchev–Trinajstić information content (AvgIpc) is 3.14. The van der Waals surface area contributed by atoms with Crippen LogP contribution in [0.1, 0.15) is 34.9 Å². The Labute approximate surface area is 140 Å². The maximum absolute atomic E-state index is 13.6. The van der Waals surface area contributed by atoms with Gasteiger partial charge in [-0.25, -0.2) is 4.39 Å². The second-order valence-electron chi connectivity index (χ2n) is 5.87. The molecule has 0 aromatic heterocycles. The van der Waals surface area contributed by atoms with E-state index in [0.717, 1.165) is 25.9 Å². The summed E-state index contributed by atoms with van der Waals surface area (Å²) in [6, 6.07) is 12.9. The van der Waals surface area contributed by atoms with Crippen LogP contribution >= 0.6 is 0 Å². The number of likely N-dealkylation sites (tertiary alicyclic amines) is 1. The molecular weight excluding hydrogens is 309 g/mol. The lowest BCUT2D eigenvalue weighted by Gasteiger charge is -2.16. The molecular formula is C19H20FNO3. The molecule has 126 valence electrons. The van der Waals surface area contributed by atoms with Gasteiger partial charge < -0.3 is 14.7 Å². The van der Waals surface area contributed by atoms with Gasteiger partial charge in [-0.3, -0.25) is 4.79 Å². The van der Waals surface area contributed by atoms with Crippen molar-refractivity contribution in [2.45, 2.75) is 18.9 Å². The van der Waals surface area contributed by atoms with Crippen LogP contribution in [0, 0.1) is 5.82 Å². The van der Waals surface area contributed by atoms with E-state index in [1.54, 1.807) is 36.4 Å². The normalized spacial score (nSPS) is 15.3. The summed E-state index contributed by atoms with van der Waals surface area (Å²) >= 11 is 0. The highest BCUT2D eigenvalue weighted by Crippen LogP contribution is 2.20. The third-order valence-corrected chi connectivity index (χ3v) is 4.17. The minimum absolute atomic E-state index is 0.0328. The zero-order chi connectivity index (χ0) is 16.9. The number of benzene rings is 2. The van der Waals surface area contributed by atoms with Gasteiger partial charge in [0.25, 0.3) is 5.91 Å². The second-order valence-corrected chi connectivity index (χ2v) is 5.87. The first-order valence-electron chi connectivity index (χ1n) is 8.10. The van der Waals surface area contributed by atoms with Gasteiger partial charge in [0.2, 0.25) is 0 Å². The number of hydrogen-bond donors (Lipinski definition) is 1. The maximum atomic E-state index is 13.6. The van der Waals surface area contributed by atoms with Gasteiger partial charge in [0, 0.05) is 24.2 Å². The van der Waals surface area contributed by atoms with Gasteiger partial charge in [-0.2, -0.15) is 0 Å². The van der Waals surface area contributed by atoms with Crippen LogP contribution in [0.25, 0.3) is 0 Å². The van der Waals surface area contributed by atoms with E-state index in [1.165, 1.54) is 12.1 Å². The van der Waals surface area contributed by atoms with Crippen molar-refractivity contribution in [2.75, 3.05) is 19.7 Å². The Morgan fingerprint density at radius 3 is 2.46 bits per heavy atom. The van der Waals surface area contributed by atoms with Crippen molar-refractivity contribution in [1.82, 2.24) is 4.90 Å². The molecule has 0 aliphatic carbocycles. The number of aliphatic hydroxyl groups excluding tert-OH is 1. The number of halogens is 1. The standard InChI is InChI=1S/C19H20FNO3/c20-17-6-2-1-5-16(17)18(22)13-24-15-9-7-14(8-10-15)19(23)21-11-3-4-12-21/h1-2,5-10,18,22H,3-4,11-13H2/t18-/m1/s1. The van der Waals surface area contributed by atoms with E-state index < -0.39 is 11.9 Å². The molecule has 4 nitrogen and oxygen atoms in total. The van der Waals surface area contributed by atoms with Crippen molar-refractivity contribution >= 4 is 5.91 Å². The topological polar surface area (TPSA) is 49.8 Å². The van der Waals surface area contributed by atoms with Gasteiger partial charge in [0.15, 0.2) is 0 Å². The lowest BCUT2D eigenvalue weighted by Crippen LogP contribution is -2.27. The molecule has 2 aromatic carbocycles. The summed E-state index contributed by atoms with van der Waals surface area (Å²) in [5.41, 5.74) is 0.831. The number of rotatable bonds is 5. The highest BCUT2D eigenvalue weighted by molar-refractivity contribution is 5.94. The quantitative estimate of drug-likeness (QED) is 0.916. The zero-order valence-electron chi connectivity index (χ0n) is 13.3. The van der Waals surface area contributed by atoms with Crippen molar-refractivity contribution in [3.05, 3.63) is 65.5 Å². The Balaban J connectivity index is 1.58. The first-order chi connectivity index (χ1) is 11.6. The van der Waals surface area contributed by atoms with Crippen LogP contribution in [-0.4, -0.2) is 35.6 Å². The van der Waals surface area contributed by atoms with E-state index in [0.29, 0.717) is 11.3 Å². The van der Waals surface area contributed by atoms with Crippen LogP contribution < -0.4 is 4.74 Å². The SMILES string of the molecule is O=C(c1ccc(OC[C@@H](O)c2ccccc2F)cc1)N1CCCC1. The van der Waals surface area contributed by atoms with Gasteiger partial charge in [-0.1, -0.05) is 18.2 Å². The summed E-state index contributed by atoms with van der Waals surface area (Å²) in [5.74, 6) is 0.106. The lowest BCUT2D eigenvalue weighted by atomic mass is 10.1. The number of nitrogens with zero attached hydrogens (tertiary/aromatic N) is 1. The highest BCUT2D eigenvalue weighted by Gasteiger charge is 2.19. The van der Waals surface area contributed by atoms with E-state index >= 15 is 0 Å². The Kier molecular flexibility index (Phi) is 5.11. The average molecular weight is 329 g/mol. The Morgan fingerprint density at radius 2 is 1.79 bits per heavy atom. The number of hydrogen-bond acceptors (Lipinski definition) is 3. The van der Waals surface area contributed by atoms with Crippen LogP contribution in [0.5, 0.6) is 5.75 Å². The van der Waals surface area contributed by atoms with Gasteiger partial charge in [-0.15, -0.1) is 0 Å². The molecule has 0 radical (unpaired) electrons. The molecule has 0 bridgehead atoms. The van der Waals surface area contributed by atoms with Crippen molar-refractivity contribution in [2.24, 2.45) is 0 Å². The third-order valence-electron chi connectivity index (χ3n) is 4.17. The summed E-state index contributed by atoms with van der Waals surface area (Å²) in [4.78, 5) is 14.1. The summed E-state index contributed by atoms with van der Waals surface area (Å²) in [6.45, 7) is 1.57. The van der Waals surface area contributed by atoms with E-state index in [2.05, 4.69) is 0 Å². The predicted octanol–water partition coefficient (Wildman–Crippen LogP) is 3.17. The molecule has 1 amide bonds. The van der Waals surface area contributed by atoms with Gasteiger partial charge in [-0.05, 0) is 43.2 Å². The van der Waals surface area contributed by atoms with Crippen molar-refractivity contribution in [1.29, 1.82) is 0 Å². The van der Waals surface area contributed by atoms with Crippen LogP contribution in [0.15, 0.2) is 48.5 Å². The fraction of sp³-hybridized carbons (Fsp3) is 0.316. The molecule has 0 spiro atoms. The van der Waals surface area contributed by atoms with E-state index in [4.69, 9.17) is 4.74 Å². The molecule has 3 rings (SSSR count). The highest BCUT2D eigenvalue weighted by atomic mass is 19.1. The number of amides is 1. The minimum atomic E-state index is -1.04. The molecule has 0 unspecified atom stereocenters. The monoisotopic (exact) mass is 329 g/mol. The third kappa shape index (κ3) is 3.74. The molecule has 1 aliphatic heterocycles. The van der Waals surface area contributed by atoms with Crippen LogP contribution in [0.3, 0.4) is 0 Å². The van der Waals surface area contributed by atoms with Crippen molar-refractivity contribution < 1.29 is 19.0 Å². The van der Waals surface area contributed by atoms with Crippen molar-refractivity contribution in [3.8, 4) is 5.75 Å². The van der Waals surface area contributed by atoms with Crippen molar-refractivity contribution in [3.63, 3.8) is 0 Å². The Hall–Kier alpha value is -2.40. The van der Waals surface area contributed by atoms with Crippen LogP contribution in [0.2, 0.25) is 0 Å². The number of aliphatic hydroxyl groups is 1. The predicted molar refractivity (Wildman–Crippen MR) is 88.4 cm³/mol. The fourth-order valence-electron chi connectivity index (χ4n) is 2.81. The molecule has 1 fully saturated rings. The summed E-state index contributed by atoms with van der Waals surface area (Å²) in [5, 5.41) is 10.0. The van der Waals surface area contributed by atoms with Gasteiger partial charge in [0.1, 0.15) is 24.3 Å². The van der Waals surface area contributed by atoms with E-state index in [-0.39, 0.29) is 18.1 Å². The van der Waals surface area contributed by atoms with Crippen LogP contribution in [0.4, 0.5) is 4.39 Å².